The summed E-state index contributed by atoms with van der Waals surface area (Å²) in [6.07, 6.45) is 8.93. The fourth-order valence-electron chi connectivity index (χ4n) is 4.93. The van der Waals surface area contributed by atoms with Gasteiger partial charge in [-0.25, -0.2) is 14.5 Å². The van der Waals surface area contributed by atoms with Crippen LogP contribution in [-0.4, -0.2) is 48.5 Å². The van der Waals surface area contributed by atoms with Crippen LogP contribution in [0.15, 0.2) is 45.7 Å². The highest BCUT2D eigenvalue weighted by molar-refractivity contribution is 7.18. The Labute approximate surface area is 239 Å². The van der Waals surface area contributed by atoms with Gasteiger partial charge < -0.3 is 20.2 Å². The molecular weight excluding hydrogens is 563 g/mol. The van der Waals surface area contributed by atoms with Crippen LogP contribution in [0.3, 0.4) is 0 Å². The van der Waals surface area contributed by atoms with E-state index in [9.17, 15) is 15.0 Å². The zero-order valence-corrected chi connectivity index (χ0v) is 23.5. The molecule has 39 heavy (non-hydrogen) atoms. The van der Waals surface area contributed by atoms with Gasteiger partial charge >= 0.3 is 5.97 Å². The first-order valence-electron chi connectivity index (χ1n) is 12.7. The quantitative estimate of drug-likeness (QED) is 0.113. The van der Waals surface area contributed by atoms with Gasteiger partial charge in [0.2, 0.25) is 0 Å². The average Bonchev–Trinajstić information content (AvgIpc) is 3.54. The highest BCUT2D eigenvalue weighted by Gasteiger charge is 2.38. The van der Waals surface area contributed by atoms with Gasteiger partial charge in [-0.1, -0.05) is 34.4 Å². The van der Waals surface area contributed by atoms with Crippen molar-refractivity contribution in [2.24, 2.45) is 5.16 Å². The number of rotatable bonds is 9. The van der Waals surface area contributed by atoms with E-state index in [-0.39, 0.29) is 23.3 Å². The van der Waals surface area contributed by atoms with Crippen LogP contribution in [0, 0.1) is 0 Å². The van der Waals surface area contributed by atoms with Crippen LogP contribution in [0.4, 0.5) is 0 Å². The molecule has 0 aliphatic heterocycles. The molecule has 0 saturated heterocycles. The van der Waals surface area contributed by atoms with Crippen molar-refractivity contribution in [3.8, 4) is 0 Å². The predicted octanol–water partition coefficient (Wildman–Crippen LogP) is 6.43. The number of oxime groups is 1. The van der Waals surface area contributed by atoms with Crippen molar-refractivity contribution < 1.29 is 25.0 Å². The summed E-state index contributed by atoms with van der Waals surface area (Å²) < 4.78 is 8.86. The van der Waals surface area contributed by atoms with E-state index in [2.05, 4.69) is 15.2 Å². The van der Waals surface area contributed by atoms with Gasteiger partial charge in [-0.05, 0) is 75.1 Å². The molecule has 2 saturated carbocycles. The molecule has 2 aliphatic rings. The number of hydrogen-bond acceptors (Lipinski definition) is 8. The summed E-state index contributed by atoms with van der Waals surface area (Å²) in [5.41, 5.74) is 2.01. The third-order valence-corrected chi connectivity index (χ3v) is 9.16. The largest absolute Gasteiger partial charge is 0.478 e. The van der Waals surface area contributed by atoms with E-state index in [0.717, 1.165) is 35.0 Å². The van der Waals surface area contributed by atoms with Gasteiger partial charge in [-0.3, -0.25) is 0 Å². The van der Waals surface area contributed by atoms with Gasteiger partial charge in [0, 0.05) is 0 Å². The van der Waals surface area contributed by atoms with Crippen molar-refractivity contribution in [2.75, 3.05) is 0 Å². The van der Waals surface area contributed by atoms with E-state index >= 15 is 0 Å². The summed E-state index contributed by atoms with van der Waals surface area (Å²) in [5, 5.41) is 38.4. The molecule has 9 nitrogen and oxygen atoms in total. The molecule has 1 aromatic carbocycles. The average molecular weight is 592 g/mol. The van der Waals surface area contributed by atoms with Crippen molar-refractivity contribution in [3.63, 3.8) is 0 Å². The monoisotopic (exact) mass is 590 g/mol. The number of carboxylic acid groups (broad SMARTS) is 1. The second-order valence-electron chi connectivity index (χ2n) is 9.86. The second-order valence-corrected chi connectivity index (χ2v) is 11.7. The summed E-state index contributed by atoms with van der Waals surface area (Å²) in [6.45, 7) is 2.07. The molecule has 2 aliphatic carbocycles. The minimum absolute atomic E-state index is 0.0761. The number of thiazole rings is 1. The number of aromatic carboxylic acids is 1. The lowest BCUT2D eigenvalue weighted by Gasteiger charge is -2.34. The third-order valence-electron chi connectivity index (χ3n) is 7.26. The maximum Gasteiger partial charge on any atom is 0.335 e. The summed E-state index contributed by atoms with van der Waals surface area (Å²) in [7, 11) is 0. The number of fused-ring (bicyclic) bond motifs is 1. The summed E-state index contributed by atoms with van der Waals surface area (Å²) in [5.74, 6) is -0.598. The number of allylic oxidation sites excluding steroid dienone is 4. The predicted molar refractivity (Wildman–Crippen MR) is 151 cm³/mol. The lowest BCUT2D eigenvalue weighted by Crippen LogP contribution is -2.34. The number of aliphatic hydroxyl groups is 1. The maximum absolute atomic E-state index is 11.4. The molecule has 0 unspecified atom stereocenters. The van der Waals surface area contributed by atoms with E-state index in [0.29, 0.717) is 52.9 Å². The van der Waals surface area contributed by atoms with Gasteiger partial charge in [-0.2, -0.15) is 5.10 Å². The van der Waals surface area contributed by atoms with Crippen molar-refractivity contribution in [1.29, 1.82) is 0 Å². The highest BCUT2D eigenvalue weighted by Crippen LogP contribution is 2.44. The topological polar surface area (TPSA) is 130 Å². The molecule has 0 spiro atoms. The highest BCUT2D eigenvalue weighted by atomic mass is 35.5. The van der Waals surface area contributed by atoms with Crippen LogP contribution < -0.4 is 0 Å². The van der Waals surface area contributed by atoms with Crippen LogP contribution in [0.5, 0.6) is 0 Å². The molecule has 12 heteroatoms. The Kier molecular flexibility index (Phi) is 8.11. The van der Waals surface area contributed by atoms with Crippen LogP contribution in [0.1, 0.15) is 78.0 Å². The first-order valence-corrected chi connectivity index (χ1v) is 14.3. The van der Waals surface area contributed by atoms with Crippen molar-refractivity contribution >= 4 is 62.6 Å². The van der Waals surface area contributed by atoms with Crippen molar-refractivity contribution in [3.05, 3.63) is 62.4 Å². The SMILES string of the molecule is C\C=C(Cl)/C(=C(Cl)\C=N\O)n1ncc(C2CC2)c1COC1CCC(O)(c2nc3cc(C(=O)O)ccc3s2)CC1. The minimum atomic E-state index is -1.08. The Hall–Kier alpha value is -2.76. The van der Waals surface area contributed by atoms with E-state index in [1.165, 1.54) is 17.4 Å². The minimum Gasteiger partial charge on any atom is -0.478 e. The molecule has 0 bridgehead atoms. The number of carbonyl (C=O) groups is 1. The number of carboxylic acids is 1. The molecule has 3 N–H and O–H groups in total. The van der Waals surface area contributed by atoms with Gasteiger partial charge in [0.25, 0.3) is 0 Å². The molecule has 2 aromatic heterocycles. The standard InChI is InChI=1S/C27H28Cl2N4O5S/c1-2-19(28)24(20(29)13-31-37)33-22(18(12-30-33)15-3-4-15)14-38-17-7-9-27(36,10-8-17)26-32-21-11-16(25(34)35)5-6-23(21)39-26/h2,5-6,11-13,15,17,36-37H,3-4,7-10,14H2,1H3,(H,34,35)/b19-2+,24-20-,31-13+. The van der Waals surface area contributed by atoms with Crippen LogP contribution in [0.2, 0.25) is 0 Å². The molecule has 5 rings (SSSR count). The number of halogens is 2. The fourth-order valence-corrected chi connectivity index (χ4v) is 6.48. The molecule has 3 aromatic rings. The summed E-state index contributed by atoms with van der Waals surface area (Å²) in [4.78, 5) is 15.9. The number of nitrogens with zero attached hydrogens (tertiary/aromatic N) is 4. The second kappa shape index (κ2) is 11.4. The molecule has 2 heterocycles. The van der Waals surface area contributed by atoms with Crippen LogP contribution >= 0.6 is 34.5 Å². The van der Waals surface area contributed by atoms with E-state index in [1.807, 2.05) is 6.20 Å². The lowest BCUT2D eigenvalue weighted by molar-refractivity contribution is -0.0648. The van der Waals surface area contributed by atoms with Crippen LogP contribution in [-0.2, 0) is 16.9 Å². The van der Waals surface area contributed by atoms with Gasteiger partial charge in [0.15, 0.2) is 0 Å². The molecular formula is C27H28Cl2N4O5S. The third kappa shape index (κ3) is 5.76. The Balaban J connectivity index is 1.31. The Morgan fingerprint density at radius 2 is 2.03 bits per heavy atom. The van der Waals surface area contributed by atoms with Crippen molar-refractivity contribution in [2.45, 2.75) is 69.7 Å². The fraction of sp³-hybridized carbons (Fsp3) is 0.407. The van der Waals surface area contributed by atoms with Gasteiger partial charge in [0.1, 0.15) is 16.3 Å². The zero-order chi connectivity index (χ0) is 27.7. The molecule has 0 radical (unpaired) electrons. The summed E-state index contributed by atoms with van der Waals surface area (Å²) in [6, 6.07) is 4.83. The Morgan fingerprint density at radius 1 is 1.28 bits per heavy atom. The molecule has 0 atom stereocenters. The normalized spacial score (nSPS) is 23.0. The smallest absolute Gasteiger partial charge is 0.335 e. The molecule has 0 amide bonds. The number of ether oxygens (including phenoxy) is 1. The van der Waals surface area contributed by atoms with E-state index < -0.39 is 11.6 Å². The maximum atomic E-state index is 11.4. The van der Waals surface area contributed by atoms with Crippen LogP contribution in [0.25, 0.3) is 15.9 Å². The number of aromatic nitrogens is 3. The molecule has 2 fully saturated rings. The Bertz CT molecular complexity index is 1480. The Morgan fingerprint density at radius 3 is 2.67 bits per heavy atom. The van der Waals surface area contributed by atoms with E-state index in [4.69, 9.17) is 33.1 Å². The van der Waals surface area contributed by atoms with Gasteiger partial charge in [-0.15, -0.1) is 11.3 Å². The number of hydrogen-bond donors (Lipinski definition) is 3. The number of benzene rings is 1. The zero-order valence-electron chi connectivity index (χ0n) is 21.2. The van der Waals surface area contributed by atoms with E-state index in [1.54, 1.807) is 29.8 Å². The lowest BCUT2D eigenvalue weighted by atomic mass is 9.83. The summed E-state index contributed by atoms with van der Waals surface area (Å²) >= 11 is 14.3. The first kappa shape index (κ1) is 27.8. The van der Waals surface area contributed by atoms with Crippen molar-refractivity contribution in [1.82, 2.24) is 14.8 Å². The first-order chi connectivity index (χ1) is 18.7. The van der Waals surface area contributed by atoms with Gasteiger partial charge in [0.05, 0.1) is 56.7 Å². The molecule has 206 valence electrons.